The lowest BCUT2D eigenvalue weighted by Gasteiger charge is -2.19. The first-order chi connectivity index (χ1) is 10.7. The molecule has 23 heavy (non-hydrogen) atoms. The summed E-state index contributed by atoms with van der Waals surface area (Å²) in [6.45, 7) is 6.06. The Morgan fingerprint density at radius 2 is 1.74 bits per heavy atom. The van der Waals surface area contributed by atoms with Gasteiger partial charge in [0, 0.05) is 19.4 Å². The topological polar surface area (TPSA) is 108 Å². The minimum Gasteiger partial charge on any atom is -0.468 e. The summed E-state index contributed by atoms with van der Waals surface area (Å²) in [5, 5.41) is 2.76. The number of methoxy groups -OCH3 is 1. The van der Waals surface area contributed by atoms with Crippen molar-refractivity contribution in [3.05, 3.63) is 0 Å². The van der Waals surface area contributed by atoms with Crippen LogP contribution in [0.25, 0.3) is 0 Å². The molecule has 0 aliphatic heterocycles. The Labute approximate surface area is 138 Å². The molecule has 0 rings (SSSR count). The SMILES string of the molecule is COC(=O)[C@@H](N)CCC(=O)NCCCCCC(=O)OC(C)(C)C. The number of esters is 2. The first-order valence-corrected chi connectivity index (χ1v) is 7.97. The van der Waals surface area contributed by atoms with Crippen LogP contribution < -0.4 is 11.1 Å². The highest BCUT2D eigenvalue weighted by molar-refractivity contribution is 5.79. The average molecular weight is 330 g/mol. The van der Waals surface area contributed by atoms with Gasteiger partial charge >= 0.3 is 11.9 Å². The summed E-state index contributed by atoms with van der Waals surface area (Å²) in [7, 11) is 1.26. The fraction of sp³-hybridized carbons (Fsp3) is 0.812. The lowest BCUT2D eigenvalue weighted by atomic mass is 10.1. The van der Waals surface area contributed by atoms with Crippen LogP contribution >= 0.6 is 0 Å². The molecule has 0 heterocycles. The summed E-state index contributed by atoms with van der Waals surface area (Å²) >= 11 is 0. The zero-order valence-corrected chi connectivity index (χ0v) is 14.6. The predicted octanol–water partition coefficient (Wildman–Crippen LogP) is 1.29. The van der Waals surface area contributed by atoms with Gasteiger partial charge in [0.1, 0.15) is 11.6 Å². The molecule has 0 aromatic heterocycles. The predicted molar refractivity (Wildman–Crippen MR) is 86.5 cm³/mol. The summed E-state index contributed by atoms with van der Waals surface area (Å²) in [5.74, 6) is -0.852. The Morgan fingerprint density at radius 3 is 2.30 bits per heavy atom. The lowest BCUT2D eigenvalue weighted by Crippen LogP contribution is -2.34. The highest BCUT2D eigenvalue weighted by Gasteiger charge is 2.16. The van der Waals surface area contributed by atoms with E-state index in [2.05, 4.69) is 10.1 Å². The van der Waals surface area contributed by atoms with Crippen molar-refractivity contribution in [2.75, 3.05) is 13.7 Å². The fourth-order valence-electron chi connectivity index (χ4n) is 1.84. The van der Waals surface area contributed by atoms with Crippen molar-refractivity contribution in [3.63, 3.8) is 0 Å². The molecule has 0 aromatic rings. The largest absolute Gasteiger partial charge is 0.468 e. The fourth-order valence-corrected chi connectivity index (χ4v) is 1.84. The maximum Gasteiger partial charge on any atom is 0.322 e. The number of unbranched alkanes of at least 4 members (excludes halogenated alkanes) is 2. The van der Waals surface area contributed by atoms with Crippen LogP contribution in [0.2, 0.25) is 0 Å². The van der Waals surface area contributed by atoms with Gasteiger partial charge in [-0.2, -0.15) is 0 Å². The number of ether oxygens (including phenoxy) is 2. The number of carbonyl (C=O) groups excluding carboxylic acids is 3. The molecular weight excluding hydrogens is 300 g/mol. The van der Waals surface area contributed by atoms with Gasteiger partial charge in [0.2, 0.25) is 5.91 Å². The van der Waals surface area contributed by atoms with E-state index >= 15 is 0 Å². The van der Waals surface area contributed by atoms with Gasteiger partial charge in [0.05, 0.1) is 7.11 Å². The Balaban J connectivity index is 3.59. The highest BCUT2D eigenvalue weighted by Crippen LogP contribution is 2.10. The van der Waals surface area contributed by atoms with Gasteiger partial charge in [-0.05, 0) is 40.0 Å². The Morgan fingerprint density at radius 1 is 1.09 bits per heavy atom. The van der Waals surface area contributed by atoms with E-state index in [1.807, 2.05) is 20.8 Å². The molecule has 0 aliphatic carbocycles. The van der Waals surface area contributed by atoms with Crippen LogP contribution in [0.4, 0.5) is 0 Å². The third-order valence-electron chi connectivity index (χ3n) is 2.99. The third-order valence-corrected chi connectivity index (χ3v) is 2.99. The van der Waals surface area contributed by atoms with Gasteiger partial charge in [-0.1, -0.05) is 6.42 Å². The molecule has 134 valence electrons. The van der Waals surface area contributed by atoms with Crippen molar-refractivity contribution in [2.45, 2.75) is 70.9 Å². The standard InChI is InChI=1S/C16H30N2O5/c1-16(2,3)23-14(20)8-6-5-7-11-18-13(19)10-9-12(17)15(21)22-4/h12H,5-11,17H2,1-4H3,(H,18,19)/t12-/m0/s1. The summed E-state index contributed by atoms with van der Waals surface area (Å²) < 4.78 is 9.69. The molecule has 1 amide bonds. The number of hydrogen-bond donors (Lipinski definition) is 2. The molecule has 0 aromatic carbocycles. The Bertz CT molecular complexity index is 390. The third kappa shape index (κ3) is 12.6. The molecule has 0 spiro atoms. The van der Waals surface area contributed by atoms with Crippen molar-refractivity contribution in [1.29, 1.82) is 0 Å². The first-order valence-electron chi connectivity index (χ1n) is 7.97. The van der Waals surface area contributed by atoms with Crippen molar-refractivity contribution in [3.8, 4) is 0 Å². The van der Waals surface area contributed by atoms with Crippen LogP contribution in [0.3, 0.4) is 0 Å². The highest BCUT2D eigenvalue weighted by atomic mass is 16.6. The molecule has 0 fully saturated rings. The van der Waals surface area contributed by atoms with E-state index in [1.165, 1.54) is 7.11 Å². The van der Waals surface area contributed by atoms with Crippen molar-refractivity contribution in [2.24, 2.45) is 5.73 Å². The number of rotatable bonds is 10. The average Bonchev–Trinajstić information content (AvgIpc) is 2.45. The van der Waals surface area contributed by atoms with Crippen LogP contribution in [-0.2, 0) is 23.9 Å². The molecule has 3 N–H and O–H groups in total. The minimum absolute atomic E-state index is 0.142. The molecule has 0 saturated heterocycles. The van der Waals surface area contributed by atoms with Crippen LogP contribution in [0.15, 0.2) is 0 Å². The second-order valence-electron chi connectivity index (χ2n) is 6.42. The van der Waals surface area contributed by atoms with Crippen molar-refractivity contribution in [1.82, 2.24) is 5.32 Å². The second-order valence-corrected chi connectivity index (χ2v) is 6.42. The van der Waals surface area contributed by atoms with E-state index < -0.39 is 17.6 Å². The molecule has 0 radical (unpaired) electrons. The summed E-state index contributed by atoms with van der Waals surface area (Å²) in [6, 6.07) is -0.764. The van der Waals surface area contributed by atoms with Crippen molar-refractivity contribution >= 4 is 17.8 Å². The van der Waals surface area contributed by atoms with Crippen LogP contribution in [0.5, 0.6) is 0 Å². The van der Waals surface area contributed by atoms with Crippen LogP contribution in [0, 0.1) is 0 Å². The van der Waals surface area contributed by atoms with E-state index in [4.69, 9.17) is 10.5 Å². The van der Waals surface area contributed by atoms with Gasteiger partial charge in [0.15, 0.2) is 0 Å². The van der Waals surface area contributed by atoms with Gasteiger partial charge < -0.3 is 20.5 Å². The monoisotopic (exact) mass is 330 g/mol. The van der Waals surface area contributed by atoms with Crippen LogP contribution in [-0.4, -0.2) is 43.1 Å². The number of carbonyl (C=O) groups is 3. The summed E-state index contributed by atoms with van der Waals surface area (Å²) in [6.07, 6.45) is 3.20. The maximum atomic E-state index is 11.6. The quantitative estimate of drug-likeness (QED) is 0.461. The minimum atomic E-state index is -0.764. The summed E-state index contributed by atoms with van der Waals surface area (Å²) in [4.78, 5) is 34.1. The zero-order valence-electron chi connectivity index (χ0n) is 14.6. The number of hydrogen-bond acceptors (Lipinski definition) is 6. The number of nitrogens with two attached hydrogens (primary N) is 1. The molecular formula is C16H30N2O5. The molecule has 0 bridgehead atoms. The molecule has 0 unspecified atom stereocenters. The maximum absolute atomic E-state index is 11.6. The van der Waals surface area contributed by atoms with E-state index in [9.17, 15) is 14.4 Å². The normalized spacial score (nSPS) is 12.4. The molecule has 0 aliphatic rings. The van der Waals surface area contributed by atoms with Crippen LogP contribution in [0.1, 0.15) is 59.3 Å². The van der Waals surface area contributed by atoms with E-state index in [1.54, 1.807) is 0 Å². The molecule has 7 nitrogen and oxygen atoms in total. The van der Waals surface area contributed by atoms with E-state index in [0.29, 0.717) is 13.0 Å². The van der Waals surface area contributed by atoms with Gasteiger partial charge in [-0.15, -0.1) is 0 Å². The summed E-state index contributed by atoms with van der Waals surface area (Å²) in [5.41, 5.74) is 5.10. The van der Waals surface area contributed by atoms with Crippen molar-refractivity contribution < 1.29 is 23.9 Å². The first kappa shape index (κ1) is 21.4. The molecule has 0 saturated carbocycles. The van der Waals surface area contributed by atoms with Gasteiger partial charge in [0.25, 0.3) is 0 Å². The van der Waals surface area contributed by atoms with Gasteiger partial charge in [-0.3, -0.25) is 14.4 Å². The molecule has 1 atom stereocenters. The Hall–Kier alpha value is -1.63. The number of amides is 1. The van der Waals surface area contributed by atoms with E-state index in [0.717, 1.165) is 19.3 Å². The number of nitrogens with one attached hydrogen (secondary N) is 1. The molecule has 7 heteroatoms. The smallest absolute Gasteiger partial charge is 0.322 e. The van der Waals surface area contributed by atoms with Gasteiger partial charge in [-0.25, -0.2) is 0 Å². The van der Waals surface area contributed by atoms with E-state index in [-0.39, 0.29) is 24.7 Å². The second kappa shape index (κ2) is 11.0. The lowest BCUT2D eigenvalue weighted by molar-refractivity contribution is -0.155. The Kier molecular flexibility index (Phi) is 10.2. The zero-order chi connectivity index (χ0) is 17.9.